The zero-order valence-corrected chi connectivity index (χ0v) is 40.6. The number of rotatable bonds is 41. The maximum atomic E-state index is 12.7. The van der Waals surface area contributed by atoms with Crippen LogP contribution in [0.4, 0.5) is 0 Å². The Morgan fingerprint density at radius 1 is 0.484 bits per heavy atom. The molecule has 0 saturated heterocycles. The van der Waals surface area contributed by atoms with E-state index in [2.05, 4.69) is 86.8 Å². The van der Waals surface area contributed by atoms with Crippen molar-refractivity contribution >= 4 is 17.9 Å². The lowest BCUT2D eigenvalue weighted by Crippen LogP contribution is -2.55. The van der Waals surface area contributed by atoms with Crippen LogP contribution < -0.4 is 5.11 Å². The number of aliphatic carboxylic acids is 1. The summed E-state index contributed by atoms with van der Waals surface area (Å²) in [7, 11) is 5.37. The average Bonchev–Trinajstić information content (AvgIpc) is 3.26. The normalized spacial score (nSPS) is 14.1. The SMILES string of the molecule is CC/C=C/C=C/C=C/C=C/C=C/C=C/CCCCCC(=O)OC(COCCC(C(=O)[O-])[N+](C)(C)C)COC(=O)CCCCCCCCC/C=C/C/C=C/C/C=C/C/C=C/C/C=C/CC. The molecule has 0 N–H and O–H groups in total. The number of allylic oxidation sites excluding steroid dienone is 22. The Hall–Kier alpha value is -4.53. The van der Waals surface area contributed by atoms with Crippen LogP contribution in [0.1, 0.15) is 149 Å². The lowest BCUT2D eigenvalue weighted by molar-refractivity contribution is -0.889. The van der Waals surface area contributed by atoms with Crippen LogP contribution in [0, 0.1) is 0 Å². The molecule has 0 spiro atoms. The highest BCUT2D eigenvalue weighted by Crippen LogP contribution is 2.13. The Kier molecular flexibility index (Phi) is 41.9. The highest BCUT2D eigenvalue weighted by Gasteiger charge is 2.25. The largest absolute Gasteiger partial charge is 0.544 e. The first-order valence-corrected chi connectivity index (χ1v) is 24.3. The fraction of sp³-hybridized carbons (Fsp3) is 0.554. The summed E-state index contributed by atoms with van der Waals surface area (Å²) in [6.45, 7) is 4.32. The van der Waals surface area contributed by atoms with Gasteiger partial charge in [-0.3, -0.25) is 9.59 Å². The summed E-state index contributed by atoms with van der Waals surface area (Å²) in [6, 6.07) is -0.746. The summed E-state index contributed by atoms with van der Waals surface area (Å²) < 4.78 is 17.1. The summed E-state index contributed by atoms with van der Waals surface area (Å²) in [6.07, 6.45) is 64.8. The van der Waals surface area contributed by atoms with Crippen molar-refractivity contribution in [2.45, 2.75) is 161 Å². The van der Waals surface area contributed by atoms with E-state index in [1.807, 2.05) is 60.8 Å². The topological polar surface area (TPSA) is 102 Å². The van der Waals surface area contributed by atoms with Crippen molar-refractivity contribution < 1.29 is 38.2 Å². The molecule has 0 saturated carbocycles. The first kappa shape index (κ1) is 59.5. The molecule has 64 heavy (non-hydrogen) atoms. The Bertz CT molecular complexity index is 1500. The van der Waals surface area contributed by atoms with Crippen LogP contribution in [0.3, 0.4) is 0 Å². The number of likely N-dealkylation sites (N-methyl/N-ethyl adjacent to an activating group) is 1. The predicted molar refractivity (Wildman–Crippen MR) is 267 cm³/mol. The minimum absolute atomic E-state index is 0.00842. The number of esters is 2. The molecule has 0 aromatic carbocycles. The van der Waals surface area contributed by atoms with Gasteiger partial charge in [-0.25, -0.2) is 0 Å². The zero-order chi connectivity index (χ0) is 47.0. The molecular weight excluding hydrogens is 799 g/mol. The molecule has 2 unspecified atom stereocenters. The Morgan fingerprint density at radius 3 is 1.42 bits per heavy atom. The van der Waals surface area contributed by atoms with Crippen molar-refractivity contribution in [3.63, 3.8) is 0 Å². The molecule has 0 bridgehead atoms. The summed E-state index contributed by atoms with van der Waals surface area (Å²) in [5.74, 6) is -1.83. The fourth-order valence-electron chi connectivity index (χ4n) is 6.25. The predicted octanol–water partition coefficient (Wildman–Crippen LogP) is 12.6. The number of quaternary nitrogens is 1. The molecule has 0 fully saturated rings. The first-order valence-electron chi connectivity index (χ1n) is 24.3. The van der Waals surface area contributed by atoms with Crippen LogP contribution in [0.2, 0.25) is 0 Å². The number of carbonyl (C=O) groups excluding carboxylic acids is 3. The van der Waals surface area contributed by atoms with Crippen molar-refractivity contribution in [3.05, 3.63) is 134 Å². The number of hydrogen-bond donors (Lipinski definition) is 0. The maximum absolute atomic E-state index is 12.7. The lowest BCUT2D eigenvalue weighted by atomic mass is 10.1. The smallest absolute Gasteiger partial charge is 0.306 e. The first-order chi connectivity index (χ1) is 31.1. The molecule has 0 radical (unpaired) electrons. The van der Waals surface area contributed by atoms with Gasteiger partial charge in [0.05, 0.1) is 40.3 Å². The molecular formula is C56H87NO7. The van der Waals surface area contributed by atoms with E-state index in [1.165, 1.54) is 19.3 Å². The van der Waals surface area contributed by atoms with E-state index in [1.54, 1.807) is 21.1 Å². The van der Waals surface area contributed by atoms with Crippen molar-refractivity contribution in [3.8, 4) is 0 Å². The molecule has 8 heteroatoms. The van der Waals surface area contributed by atoms with Gasteiger partial charge in [-0.15, -0.1) is 0 Å². The van der Waals surface area contributed by atoms with Crippen molar-refractivity contribution in [2.24, 2.45) is 0 Å². The van der Waals surface area contributed by atoms with E-state index in [0.29, 0.717) is 12.8 Å². The maximum Gasteiger partial charge on any atom is 0.306 e. The highest BCUT2D eigenvalue weighted by atomic mass is 16.6. The Morgan fingerprint density at radius 2 is 0.906 bits per heavy atom. The quantitative estimate of drug-likeness (QED) is 0.0198. The van der Waals surface area contributed by atoms with Crippen LogP contribution in [0.5, 0.6) is 0 Å². The molecule has 0 aliphatic heterocycles. The third-order valence-electron chi connectivity index (χ3n) is 9.94. The second kappa shape index (κ2) is 45.1. The number of carbonyl (C=O) groups is 3. The molecule has 358 valence electrons. The molecule has 0 aliphatic rings. The van der Waals surface area contributed by atoms with Gasteiger partial charge in [0.2, 0.25) is 0 Å². The molecule has 0 aromatic heterocycles. The second-order valence-electron chi connectivity index (χ2n) is 16.7. The monoisotopic (exact) mass is 886 g/mol. The molecule has 0 heterocycles. The van der Waals surface area contributed by atoms with Crippen LogP contribution in [-0.4, -0.2) is 75.5 Å². The summed E-state index contributed by atoms with van der Waals surface area (Å²) in [5, 5.41) is 11.7. The van der Waals surface area contributed by atoms with Crippen molar-refractivity contribution in [1.29, 1.82) is 0 Å². The lowest BCUT2D eigenvalue weighted by Gasteiger charge is -2.34. The van der Waals surface area contributed by atoms with Crippen LogP contribution in [-0.2, 0) is 28.6 Å². The number of unbranched alkanes of at least 4 members (excludes halogenated alkanes) is 10. The van der Waals surface area contributed by atoms with E-state index in [4.69, 9.17) is 14.2 Å². The van der Waals surface area contributed by atoms with Gasteiger partial charge >= 0.3 is 11.9 Å². The van der Waals surface area contributed by atoms with Gasteiger partial charge in [-0.1, -0.05) is 186 Å². The number of hydrogen-bond acceptors (Lipinski definition) is 7. The van der Waals surface area contributed by atoms with Gasteiger partial charge in [0, 0.05) is 19.3 Å². The van der Waals surface area contributed by atoms with E-state index in [0.717, 1.165) is 89.9 Å². The number of nitrogens with zero attached hydrogens (tertiary/aromatic N) is 1. The van der Waals surface area contributed by atoms with E-state index in [-0.39, 0.29) is 49.1 Å². The van der Waals surface area contributed by atoms with Crippen LogP contribution >= 0.6 is 0 Å². The van der Waals surface area contributed by atoms with Crippen molar-refractivity contribution in [2.75, 3.05) is 41.0 Å². The summed E-state index contributed by atoms with van der Waals surface area (Å²) in [4.78, 5) is 37.0. The number of carboxylic acids is 1. The van der Waals surface area contributed by atoms with E-state index < -0.39 is 18.1 Å². The molecule has 0 aromatic rings. The molecule has 8 nitrogen and oxygen atoms in total. The summed E-state index contributed by atoms with van der Waals surface area (Å²) in [5.41, 5.74) is 0. The number of ether oxygens (including phenoxy) is 3. The average molecular weight is 886 g/mol. The molecule has 0 rings (SSSR count). The number of carboxylic acid groups (broad SMARTS) is 1. The van der Waals surface area contributed by atoms with Gasteiger partial charge in [-0.05, 0) is 77.0 Å². The van der Waals surface area contributed by atoms with Crippen LogP contribution in [0.25, 0.3) is 0 Å². The standard InChI is InChI=1S/C56H87NO7/c1-6-8-10-12-14-16-18-20-22-24-25-26-27-28-29-31-32-34-36-38-40-42-44-46-54(58)63-51-52(50-62-49-48-53(56(60)61)57(3,4)5)64-55(59)47-45-43-41-39-37-35-33-30-23-21-19-17-15-13-11-9-7-2/h8-11,13-17,19-23,25-26,28-30,33,35,37,52-53H,6-7,12,18,24,27,31-32,34,36,38-51H2,1-5H3/b10-8+,11-9+,15-13+,16-14+,19-17+,22-20+,23-21+,26-25+,29-28+,33-30+,37-35+. The molecule has 0 aliphatic carbocycles. The summed E-state index contributed by atoms with van der Waals surface area (Å²) >= 11 is 0. The third-order valence-corrected chi connectivity index (χ3v) is 9.94. The molecule has 0 amide bonds. The minimum atomic E-state index is -1.14. The zero-order valence-electron chi connectivity index (χ0n) is 40.6. The van der Waals surface area contributed by atoms with Gasteiger partial charge in [0.25, 0.3) is 0 Å². The molecule has 2 atom stereocenters. The Labute approximate surface area is 390 Å². The second-order valence-corrected chi connectivity index (χ2v) is 16.7. The van der Waals surface area contributed by atoms with Gasteiger partial charge in [0.15, 0.2) is 6.10 Å². The van der Waals surface area contributed by atoms with E-state index >= 15 is 0 Å². The fourth-order valence-corrected chi connectivity index (χ4v) is 6.25. The van der Waals surface area contributed by atoms with E-state index in [9.17, 15) is 19.5 Å². The van der Waals surface area contributed by atoms with Gasteiger partial charge in [0.1, 0.15) is 12.6 Å². The van der Waals surface area contributed by atoms with Crippen molar-refractivity contribution in [1.82, 2.24) is 0 Å². The highest BCUT2D eigenvalue weighted by molar-refractivity contribution is 5.70. The third kappa shape index (κ3) is 42.8. The van der Waals surface area contributed by atoms with Gasteiger partial charge in [-0.2, -0.15) is 0 Å². The van der Waals surface area contributed by atoms with Crippen LogP contribution in [0.15, 0.2) is 134 Å². The van der Waals surface area contributed by atoms with Gasteiger partial charge < -0.3 is 28.6 Å². The Balaban J connectivity index is 4.40. The minimum Gasteiger partial charge on any atom is -0.544 e.